The van der Waals surface area contributed by atoms with Crippen LogP contribution in [0.15, 0.2) is 40.8 Å². The number of aliphatic hydroxyl groups is 1. The van der Waals surface area contributed by atoms with Gasteiger partial charge in [0, 0.05) is 18.5 Å². The fraction of sp³-hybridized carbons (Fsp3) is 0.333. The van der Waals surface area contributed by atoms with Crippen LogP contribution in [-0.2, 0) is 26.1 Å². The Bertz CT molecular complexity index is 931. The average molecular weight is 353 g/mol. The molecule has 0 saturated heterocycles. The highest BCUT2D eigenvalue weighted by Crippen LogP contribution is 2.40. The molecule has 5 heteroatoms. The second-order valence-electron chi connectivity index (χ2n) is 6.61. The van der Waals surface area contributed by atoms with E-state index in [0.29, 0.717) is 17.1 Å². The highest BCUT2D eigenvalue weighted by Gasteiger charge is 2.21. The van der Waals surface area contributed by atoms with E-state index in [1.54, 1.807) is 20.3 Å². The summed E-state index contributed by atoms with van der Waals surface area (Å²) >= 11 is 0. The predicted octanol–water partition coefficient (Wildman–Crippen LogP) is 3.50. The maximum Gasteiger partial charge on any atom is 0.204 e. The highest BCUT2D eigenvalue weighted by molar-refractivity contribution is 5.89. The third-order valence-electron chi connectivity index (χ3n) is 5.05. The molecule has 0 radical (unpaired) electrons. The lowest BCUT2D eigenvalue weighted by Gasteiger charge is -2.27. The highest BCUT2D eigenvalue weighted by atomic mass is 16.5. The summed E-state index contributed by atoms with van der Waals surface area (Å²) in [7, 11) is 3.18. The van der Waals surface area contributed by atoms with Crippen LogP contribution in [0, 0.1) is 0 Å². The molecule has 2 heterocycles. The second kappa shape index (κ2) is 7.02. The molecule has 0 fully saturated rings. The number of ether oxygens (including phenoxy) is 2. The second-order valence-corrected chi connectivity index (χ2v) is 6.61. The third-order valence-corrected chi connectivity index (χ3v) is 5.05. The number of hydrogen-bond acceptors (Lipinski definition) is 5. The van der Waals surface area contributed by atoms with E-state index < -0.39 is 0 Å². The van der Waals surface area contributed by atoms with Crippen molar-refractivity contribution in [2.24, 2.45) is 0 Å². The van der Waals surface area contributed by atoms with Crippen LogP contribution in [0.3, 0.4) is 0 Å². The van der Waals surface area contributed by atoms with Gasteiger partial charge in [-0.1, -0.05) is 24.3 Å². The van der Waals surface area contributed by atoms with Gasteiger partial charge in [0.1, 0.15) is 5.76 Å². The molecule has 5 nitrogen and oxygen atoms in total. The number of rotatable bonds is 5. The molecule has 0 bridgehead atoms. The van der Waals surface area contributed by atoms with Crippen LogP contribution in [0.2, 0.25) is 0 Å². The Hall–Kier alpha value is -2.50. The summed E-state index contributed by atoms with van der Waals surface area (Å²) in [6.45, 7) is 2.56. The van der Waals surface area contributed by atoms with E-state index in [9.17, 15) is 5.11 Å². The van der Waals surface area contributed by atoms with Gasteiger partial charge in [-0.05, 0) is 35.2 Å². The summed E-state index contributed by atoms with van der Waals surface area (Å²) in [6.07, 6.45) is 1.05. The Morgan fingerprint density at radius 3 is 2.65 bits per heavy atom. The Labute approximate surface area is 152 Å². The maximum absolute atomic E-state index is 9.71. The minimum absolute atomic E-state index is 0.0765. The van der Waals surface area contributed by atoms with Crippen LogP contribution in [-0.4, -0.2) is 30.8 Å². The van der Waals surface area contributed by atoms with Crippen molar-refractivity contribution in [3.8, 4) is 11.5 Å². The summed E-state index contributed by atoms with van der Waals surface area (Å²) in [5, 5.41) is 10.6. The van der Waals surface area contributed by atoms with Crippen molar-refractivity contribution in [1.29, 1.82) is 0 Å². The fourth-order valence-corrected chi connectivity index (χ4v) is 3.73. The van der Waals surface area contributed by atoms with Crippen molar-refractivity contribution < 1.29 is 19.0 Å². The minimum atomic E-state index is -0.0765. The molecule has 1 aliphatic heterocycles. The summed E-state index contributed by atoms with van der Waals surface area (Å²) < 4.78 is 17.0. The Balaban J connectivity index is 1.66. The van der Waals surface area contributed by atoms with E-state index in [-0.39, 0.29) is 6.61 Å². The van der Waals surface area contributed by atoms with Crippen LogP contribution in [0.4, 0.5) is 0 Å². The first-order chi connectivity index (χ1) is 12.7. The van der Waals surface area contributed by atoms with Crippen molar-refractivity contribution in [3.63, 3.8) is 0 Å². The van der Waals surface area contributed by atoms with Gasteiger partial charge in [0.25, 0.3) is 0 Å². The molecule has 0 atom stereocenters. The van der Waals surface area contributed by atoms with Gasteiger partial charge in [-0.3, -0.25) is 4.90 Å². The van der Waals surface area contributed by atoms with Crippen LogP contribution in [0.1, 0.15) is 22.5 Å². The van der Waals surface area contributed by atoms with Crippen molar-refractivity contribution in [1.82, 2.24) is 4.90 Å². The molecule has 2 aromatic carbocycles. The van der Waals surface area contributed by atoms with Crippen molar-refractivity contribution in [2.45, 2.75) is 26.1 Å². The van der Waals surface area contributed by atoms with E-state index in [1.165, 1.54) is 11.1 Å². The quantitative estimate of drug-likeness (QED) is 0.761. The molecule has 0 amide bonds. The lowest BCUT2D eigenvalue weighted by molar-refractivity contribution is 0.227. The molecule has 1 aliphatic rings. The zero-order valence-electron chi connectivity index (χ0n) is 15.1. The summed E-state index contributed by atoms with van der Waals surface area (Å²) in [6, 6.07) is 12.4. The van der Waals surface area contributed by atoms with Crippen LogP contribution in [0.25, 0.3) is 11.0 Å². The van der Waals surface area contributed by atoms with E-state index in [4.69, 9.17) is 13.9 Å². The molecule has 0 aliphatic carbocycles. The zero-order chi connectivity index (χ0) is 18.1. The first-order valence-electron chi connectivity index (χ1n) is 8.79. The Kier molecular flexibility index (Phi) is 4.57. The molecule has 0 unspecified atom stereocenters. The number of aliphatic hydroxyl groups excluding tert-OH is 1. The molecule has 0 spiro atoms. The normalized spacial score (nSPS) is 14.4. The Morgan fingerprint density at radius 1 is 1.12 bits per heavy atom. The van der Waals surface area contributed by atoms with Gasteiger partial charge in [0.05, 0.1) is 27.4 Å². The molecule has 1 N–H and O–H groups in total. The van der Waals surface area contributed by atoms with Crippen LogP contribution < -0.4 is 9.47 Å². The van der Waals surface area contributed by atoms with Crippen LogP contribution >= 0.6 is 0 Å². The summed E-state index contributed by atoms with van der Waals surface area (Å²) in [5.41, 5.74) is 4.22. The zero-order valence-corrected chi connectivity index (χ0v) is 15.1. The number of fused-ring (bicyclic) bond motifs is 2. The van der Waals surface area contributed by atoms with Gasteiger partial charge in [-0.25, -0.2) is 0 Å². The van der Waals surface area contributed by atoms with E-state index >= 15 is 0 Å². The van der Waals surface area contributed by atoms with Crippen molar-refractivity contribution in [2.75, 3.05) is 20.8 Å². The lowest BCUT2D eigenvalue weighted by Crippen LogP contribution is -2.29. The van der Waals surface area contributed by atoms with Gasteiger partial charge in [-0.2, -0.15) is 0 Å². The standard InChI is InChI=1S/C21H23NO4/c1-24-19-9-16(13-23)18-10-17(26-20(18)21(19)25-2)12-22-8-7-14-5-3-4-6-15(14)11-22/h3-6,9-10,23H,7-8,11-13H2,1-2H3. The van der Waals surface area contributed by atoms with E-state index in [0.717, 1.165) is 42.8 Å². The summed E-state index contributed by atoms with van der Waals surface area (Å²) in [4.78, 5) is 2.38. The number of nitrogens with zero attached hydrogens (tertiary/aromatic N) is 1. The number of benzene rings is 2. The molecule has 0 saturated carbocycles. The average Bonchev–Trinajstić information content (AvgIpc) is 3.09. The van der Waals surface area contributed by atoms with Crippen molar-refractivity contribution >= 4 is 11.0 Å². The lowest BCUT2D eigenvalue weighted by atomic mass is 10.00. The maximum atomic E-state index is 9.71. The van der Waals surface area contributed by atoms with Crippen molar-refractivity contribution in [3.05, 3.63) is 58.8 Å². The molecule has 4 rings (SSSR count). The number of hydrogen-bond donors (Lipinski definition) is 1. The first kappa shape index (κ1) is 16.9. The van der Waals surface area contributed by atoms with Gasteiger partial charge in [0.15, 0.2) is 11.3 Å². The molecule has 1 aromatic heterocycles. The van der Waals surface area contributed by atoms with Gasteiger partial charge in [-0.15, -0.1) is 0 Å². The van der Waals surface area contributed by atoms with E-state index in [1.807, 2.05) is 6.07 Å². The monoisotopic (exact) mass is 353 g/mol. The SMILES string of the molecule is COc1cc(CO)c2cc(CN3CCc4ccccc4C3)oc2c1OC. The van der Waals surface area contributed by atoms with Gasteiger partial charge >= 0.3 is 0 Å². The van der Waals surface area contributed by atoms with Crippen LogP contribution in [0.5, 0.6) is 11.5 Å². The minimum Gasteiger partial charge on any atom is -0.493 e. The van der Waals surface area contributed by atoms with Gasteiger partial charge < -0.3 is 19.0 Å². The molecular formula is C21H23NO4. The Morgan fingerprint density at radius 2 is 1.92 bits per heavy atom. The van der Waals surface area contributed by atoms with Gasteiger partial charge in [0.2, 0.25) is 5.75 Å². The predicted molar refractivity (Wildman–Crippen MR) is 99.5 cm³/mol. The molecule has 136 valence electrons. The molecule has 3 aromatic rings. The largest absolute Gasteiger partial charge is 0.493 e. The molecular weight excluding hydrogens is 330 g/mol. The smallest absolute Gasteiger partial charge is 0.204 e. The topological polar surface area (TPSA) is 55.1 Å². The third kappa shape index (κ3) is 2.93. The summed E-state index contributed by atoms with van der Waals surface area (Å²) in [5.74, 6) is 1.99. The van der Waals surface area contributed by atoms with E-state index in [2.05, 4.69) is 29.2 Å². The number of furan rings is 1. The first-order valence-corrected chi connectivity index (χ1v) is 8.79. The molecule has 26 heavy (non-hydrogen) atoms. The number of methoxy groups -OCH3 is 2. The fourth-order valence-electron chi connectivity index (χ4n) is 3.73.